The molecule has 112 valence electrons. The number of carbonyl (C=O) groups excluding carboxylic acids is 1. The second-order valence-electron chi connectivity index (χ2n) is 4.34. The first-order valence-electron chi connectivity index (χ1n) is 5.97. The first-order chi connectivity index (χ1) is 10.5. The van der Waals surface area contributed by atoms with Crippen LogP contribution in [0.15, 0.2) is 35.0 Å². The number of rotatable bonds is 3. The van der Waals surface area contributed by atoms with E-state index in [4.69, 9.17) is 16.0 Å². The topological polar surface area (TPSA) is 78.2 Å². The summed E-state index contributed by atoms with van der Waals surface area (Å²) in [4.78, 5) is 15.1. The van der Waals surface area contributed by atoms with Crippen molar-refractivity contribution >= 4 is 62.5 Å². The summed E-state index contributed by atoms with van der Waals surface area (Å²) in [5.41, 5.74) is 0.292. The van der Waals surface area contributed by atoms with Crippen molar-refractivity contribution in [3.63, 3.8) is 0 Å². The summed E-state index contributed by atoms with van der Waals surface area (Å²) in [6, 6.07) is 4.49. The van der Waals surface area contributed by atoms with Gasteiger partial charge in [-0.15, -0.1) is 0 Å². The summed E-state index contributed by atoms with van der Waals surface area (Å²) >= 11 is 7.90. The highest BCUT2D eigenvalue weighted by Gasteiger charge is 2.18. The first-order valence-corrected chi connectivity index (χ1v) is 7.42. The maximum Gasteiger partial charge on any atom is 0.174 e. The largest absolute Gasteiger partial charge is 0.541 e. The van der Waals surface area contributed by atoms with Crippen LogP contribution in [-0.4, -0.2) is 11.0 Å². The molecule has 8 heteroatoms. The van der Waals surface area contributed by atoms with Crippen LogP contribution in [0.5, 0.6) is 0 Å². The molecular weight excluding hydrogens is 426 g/mol. The van der Waals surface area contributed by atoms with Crippen molar-refractivity contribution in [3.05, 3.63) is 50.8 Å². The predicted octanol–water partition coefficient (Wildman–Crippen LogP) is 3.33. The molecule has 0 saturated carbocycles. The van der Waals surface area contributed by atoms with Gasteiger partial charge in [-0.25, -0.2) is 4.39 Å². The van der Waals surface area contributed by atoms with E-state index in [-0.39, 0.29) is 22.0 Å². The summed E-state index contributed by atoms with van der Waals surface area (Å²) in [7, 11) is 0. The Morgan fingerprint density at radius 1 is 1.41 bits per heavy atom. The van der Waals surface area contributed by atoms with Crippen LogP contribution in [-0.2, 0) is 0 Å². The lowest BCUT2D eigenvalue weighted by Gasteiger charge is -2.09. The molecule has 0 aliphatic heterocycles. The van der Waals surface area contributed by atoms with Crippen LogP contribution >= 0.6 is 34.2 Å². The molecular formula is C14H6ClFIN2O3-. The molecule has 0 unspecified atom stereocenters. The molecule has 0 aliphatic rings. The average Bonchev–Trinajstić information content (AvgIpc) is 2.82. The first kappa shape index (κ1) is 15.0. The quantitative estimate of drug-likeness (QED) is 0.644. The third-order valence-electron chi connectivity index (χ3n) is 2.93. The van der Waals surface area contributed by atoms with Crippen molar-refractivity contribution < 1.29 is 18.7 Å². The highest BCUT2D eigenvalue weighted by atomic mass is 127. The summed E-state index contributed by atoms with van der Waals surface area (Å²) in [5, 5.41) is 14.4. The number of benzene rings is 1. The molecule has 0 radical (unpaired) electrons. The molecule has 22 heavy (non-hydrogen) atoms. The second kappa shape index (κ2) is 5.73. The van der Waals surface area contributed by atoms with Gasteiger partial charge in [0.2, 0.25) is 0 Å². The Bertz CT molecular complexity index is 897. The fraction of sp³-hybridized carbons (Fsp3) is 0. The van der Waals surface area contributed by atoms with E-state index in [1.807, 2.05) is 22.6 Å². The van der Waals surface area contributed by atoms with Crippen LogP contribution in [0, 0.1) is 9.39 Å². The highest BCUT2D eigenvalue weighted by Crippen LogP contribution is 2.36. The minimum Gasteiger partial charge on any atom is -0.541 e. The molecule has 0 saturated heterocycles. The minimum absolute atomic E-state index is 0.0464. The molecule has 0 bridgehead atoms. The van der Waals surface area contributed by atoms with E-state index in [1.54, 1.807) is 6.07 Å². The fourth-order valence-electron chi connectivity index (χ4n) is 1.97. The van der Waals surface area contributed by atoms with Crippen molar-refractivity contribution in [1.29, 1.82) is 0 Å². The van der Waals surface area contributed by atoms with Gasteiger partial charge in [-0.2, -0.15) is 0 Å². The van der Waals surface area contributed by atoms with Gasteiger partial charge in [0.1, 0.15) is 16.8 Å². The van der Waals surface area contributed by atoms with Crippen LogP contribution in [0.2, 0.25) is 5.02 Å². The van der Waals surface area contributed by atoms with E-state index < -0.39 is 17.5 Å². The van der Waals surface area contributed by atoms with Gasteiger partial charge < -0.3 is 19.6 Å². The molecule has 0 spiro atoms. The number of aromatic carboxylic acids is 1. The lowest BCUT2D eigenvalue weighted by Crippen LogP contribution is -2.22. The van der Waals surface area contributed by atoms with Crippen molar-refractivity contribution in [3.8, 4) is 0 Å². The zero-order chi connectivity index (χ0) is 15.9. The van der Waals surface area contributed by atoms with Crippen molar-refractivity contribution in [2.75, 3.05) is 5.32 Å². The summed E-state index contributed by atoms with van der Waals surface area (Å²) in [5.74, 6) is -2.54. The number of carboxylic acids is 1. The molecule has 2 heterocycles. The van der Waals surface area contributed by atoms with E-state index in [1.165, 1.54) is 24.5 Å². The number of furan rings is 1. The second-order valence-corrected chi connectivity index (χ2v) is 5.99. The standard InChI is InChI=1S/C14H7ClFIN2O3/c15-8-5-18-4-7-11(13(14(20)21)22-12(7)8)19-10-2-1-6(17)3-9(10)16/h1-5,19H,(H,20,21)/p-1. The molecule has 1 aromatic carbocycles. The number of nitrogens with zero attached hydrogens (tertiary/aromatic N) is 1. The van der Waals surface area contributed by atoms with Gasteiger partial charge >= 0.3 is 0 Å². The van der Waals surface area contributed by atoms with Gasteiger partial charge in [0.05, 0.1) is 16.8 Å². The maximum atomic E-state index is 14.0. The van der Waals surface area contributed by atoms with E-state index in [9.17, 15) is 14.3 Å². The third-order valence-corrected chi connectivity index (χ3v) is 3.87. The summed E-state index contributed by atoms with van der Waals surface area (Å²) in [6.45, 7) is 0. The molecule has 0 aliphatic carbocycles. The Labute approximate surface area is 142 Å². The smallest absolute Gasteiger partial charge is 0.174 e. The lowest BCUT2D eigenvalue weighted by molar-refractivity contribution is -0.256. The van der Waals surface area contributed by atoms with Gasteiger partial charge in [-0.3, -0.25) is 4.98 Å². The Hall–Kier alpha value is -1.87. The normalized spacial score (nSPS) is 10.9. The van der Waals surface area contributed by atoms with Crippen LogP contribution in [0.3, 0.4) is 0 Å². The Balaban J connectivity index is 2.18. The van der Waals surface area contributed by atoms with Gasteiger partial charge in [-0.1, -0.05) is 11.6 Å². The highest BCUT2D eigenvalue weighted by molar-refractivity contribution is 14.1. The number of pyridine rings is 1. The number of carboxylic acid groups (broad SMARTS) is 1. The zero-order valence-electron chi connectivity index (χ0n) is 10.7. The van der Waals surface area contributed by atoms with Crippen molar-refractivity contribution in [2.24, 2.45) is 0 Å². The molecule has 2 aromatic heterocycles. The summed E-state index contributed by atoms with van der Waals surface area (Å²) < 4.78 is 19.9. The number of halogens is 3. The molecule has 5 nitrogen and oxygen atoms in total. The van der Waals surface area contributed by atoms with Crippen LogP contribution in [0.1, 0.15) is 10.6 Å². The average molecular weight is 432 g/mol. The molecule has 3 aromatic rings. The fourth-order valence-corrected chi connectivity index (χ4v) is 2.62. The minimum atomic E-state index is -1.54. The van der Waals surface area contributed by atoms with Crippen LogP contribution in [0.25, 0.3) is 11.0 Å². The van der Waals surface area contributed by atoms with Crippen LogP contribution < -0.4 is 10.4 Å². The van der Waals surface area contributed by atoms with Gasteiger partial charge in [-0.05, 0) is 40.8 Å². The van der Waals surface area contributed by atoms with Gasteiger partial charge in [0.25, 0.3) is 0 Å². The zero-order valence-corrected chi connectivity index (χ0v) is 13.6. The van der Waals surface area contributed by atoms with Gasteiger partial charge in [0.15, 0.2) is 11.3 Å². The Kier molecular flexibility index (Phi) is 3.92. The molecule has 0 atom stereocenters. The molecule has 0 fully saturated rings. The number of hydrogen-bond acceptors (Lipinski definition) is 5. The number of nitrogens with one attached hydrogen (secondary N) is 1. The maximum absolute atomic E-state index is 14.0. The monoisotopic (exact) mass is 431 g/mol. The van der Waals surface area contributed by atoms with E-state index >= 15 is 0 Å². The molecule has 3 rings (SSSR count). The third kappa shape index (κ3) is 2.61. The molecule has 1 N–H and O–H groups in total. The van der Waals surface area contributed by atoms with Crippen LogP contribution in [0.4, 0.5) is 15.8 Å². The van der Waals surface area contributed by atoms with Gasteiger partial charge in [0, 0.05) is 16.0 Å². The predicted molar refractivity (Wildman–Crippen MR) is 85.7 cm³/mol. The lowest BCUT2D eigenvalue weighted by atomic mass is 10.2. The number of hydrogen-bond donors (Lipinski definition) is 1. The number of carbonyl (C=O) groups is 1. The molecule has 0 amide bonds. The van der Waals surface area contributed by atoms with E-state index in [0.29, 0.717) is 8.96 Å². The SMILES string of the molecule is O=C([O-])c1oc2c(Cl)cncc2c1Nc1ccc(I)cc1F. The Morgan fingerprint density at radius 2 is 2.18 bits per heavy atom. The Morgan fingerprint density at radius 3 is 2.86 bits per heavy atom. The van der Waals surface area contributed by atoms with Crippen molar-refractivity contribution in [1.82, 2.24) is 4.98 Å². The summed E-state index contributed by atoms with van der Waals surface area (Å²) in [6.07, 6.45) is 2.70. The number of fused-ring (bicyclic) bond motifs is 1. The van der Waals surface area contributed by atoms with E-state index in [2.05, 4.69) is 10.3 Å². The van der Waals surface area contributed by atoms with E-state index in [0.717, 1.165) is 0 Å². The van der Waals surface area contributed by atoms with Crippen molar-refractivity contribution in [2.45, 2.75) is 0 Å². The number of anilines is 2. The number of aromatic nitrogens is 1.